The summed E-state index contributed by atoms with van der Waals surface area (Å²) in [6.45, 7) is 1.47. The smallest absolute Gasteiger partial charge is 0.276 e. The first kappa shape index (κ1) is 15.6. The first-order valence-electron chi connectivity index (χ1n) is 8.57. The van der Waals surface area contributed by atoms with Crippen LogP contribution in [0.2, 0.25) is 0 Å². The van der Waals surface area contributed by atoms with E-state index in [2.05, 4.69) is 15.3 Å². The molecule has 2 aromatic heterocycles. The van der Waals surface area contributed by atoms with Crippen LogP contribution in [-0.2, 0) is 6.54 Å². The summed E-state index contributed by atoms with van der Waals surface area (Å²) in [5.41, 5.74) is 1.23. The Balaban J connectivity index is 1.53. The Morgan fingerprint density at radius 3 is 2.80 bits per heavy atom. The first-order chi connectivity index (χ1) is 12.3. The van der Waals surface area contributed by atoms with Gasteiger partial charge in [-0.25, -0.2) is 0 Å². The van der Waals surface area contributed by atoms with Crippen LogP contribution in [0.1, 0.15) is 29.8 Å². The van der Waals surface area contributed by atoms with E-state index in [-0.39, 0.29) is 11.9 Å². The van der Waals surface area contributed by atoms with E-state index in [0.717, 1.165) is 31.5 Å². The van der Waals surface area contributed by atoms with Crippen molar-refractivity contribution in [2.24, 2.45) is 0 Å². The number of carbonyl (C=O) groups is 1. The number of benzene rings is 1. The van der Waals surface area contributed by atoms with Crippen molar-refractivity contribution in [3.63, 3.8) is 0 Å². The van der Waals surface area contributed by atoms with Crippen molar-refractivity contribution in [1.29, 1.82) is 0 Å². The summed E-state index contributed by atoms with van der Waals surface area (Å²) < 4.78 is 1.89. The number of hydrogen-bond donors (Lipinski definition) is 0. The highest BCUT2D eigenvalue weighted by Gasteiger charge is 2.29. The molecule has 3 heterocycles. The summed E-state index contributed by atoms with van der Waals surface area (Å²) >= 11 is 0. The molecular weight excluding hydrogens is 316 g/mol. The fourth-order valence-corrected chi connectivity index (χ4v) is 3.28. The summed E-state index contributed by atoms with van der Waals surface area (Å²) in [5, 5.41) is 12.9. The van der Waals surface area contributed by atoms with E-state index in [0.29, 0.717) is 12.2 Å². The molecule has 0 aliphatic carbocycles. The van der Waals surface area contributed by atoms with Gasteiger partial charge in [-0.3, -0.25) is 9.48 Å². The van der Waals surface area contributed by atoms with Crippen LogP contribution in [-0.4, -0.2) is 48.2 Å². The van der Waals surface area contributed by atoms with Crippen LogP contribution in [0, 0.1) is 0 Å². The number of para-hydroxylation sites is 1. The van der Waals surface area contributed by atoms with Crippen LogP contribution in [0.15, 0.2) is 55.0 Å². The second-order valence-corrected chi connectivity index (χ2v) is 6.23. The molecule has 1 saturated heterocycles. The highest BCUT2D eigenvalue weighted by molar-refractivity contribution is 5.92. The molecular formula is C18H20N6O. The lowest BCUT2D eigenvalue weighted by molar-refractivity contribution is 0.0577. The molecule has 25 heavy (non-hydrogen) atoms. The van der Waals surface area contributed by atoms with Crippen molar-refractivity contribution in [2.75, 3.05) is 6.54 Å². The maximum Gasteiger partial charge on any atom is 0.276 e. The summed E-state index contributed by atoms with van der Waals surface area (Å²) in [4.78, 5) is 16.4. The lowest BCUT2D eigenvalue weighted by Gasteiger charge is -2.35. The van der Waals surface area contributed by atoms with Crippen molar-refractivity contribution >= 4 is 5.91 Å². The molecule has 7 heteroatoms. The second kappa shape index (κ2) is 6.88. The topological polar surface area (TPSA) is 68.8 Å². The largest absolute Gasteiger partial charge is 0.332 e. The molecule has 7 nitrogen and oxygen atoms in total. The summed E-state index contributed by atoms with van der Waals surface area (Å²) in [7, 11) is 0. The van der Waals surface area contributed by atoms with Gasteiger partial charge in [0.2, 0.25) is 0 Å². The van der Waals surface area contributed by atoms with Crippen molar-refractivity contribution in [3.8, 4) is 5.69 Å². The van der Waals surface area contributed by atoms with Crippen LogP contribution < -0.4 is 0 Å². The lowest BCUT2D eigenvalue weighted by Crippen LogP contribution is -2.46. The number of carbonyl (C=O) groups excluding carboxylic acids is 1. The number of aromatic nitrogens is 5. The zero-order chi connectivity index (χ0) is 17.1. The van der Waals surface area contributed by atoms with Gasteiger partial charge in [-0.05, 0) is 37.5 Å². The van der Waals surface area contributed by atoms with Crippen LogP contribution in [0.4, 0.5) is 0 Å². The minimum absolute atomic E-state index is 0.0564. The van der Waals surface area contributed by atoms with Gasteiger partial charge in [-0.2, -0.15) is 15.0 Å². The molecule has 0 radical (unpaired) electrons. The number of nitrogens with zero attached hydrogens (tertiary/aromatic N) is 6. The van der Waals surface area contributed by atoms with E-state index in [4.69, 9.17) is 0 Å². The summed E-state index contributed by atoms with van der Waals surface area (Å²) in [6.07, 6.45) is 8.39. The summed E-state index contributed by atoms with van der Waals surface area (Å²) in [6, 6.07) is 11.6. The number of piperidine rings is 1. The predicted octanol–water partition coefficient (Wildman–Crippen LogP) is 2.16. The average molecular weight is 336 g/mol. The molecule has 1 atom stereocenters. The molecule has 128 valence electrons. The molecule has 0 N–H and O–H groups in total. The predicted molar refractivity (Wildman–Crippen MR) is 92.3 cm³/mol. The minimum Gasteiger partial charge on any atom is -0.332 e. The van der Waals surface area contributed by atoms with E-state index < -0.39 is 0 Å². The van der Waals surface area contributed by atoms with Crippen LogP contribution in [0.25, 0.3) is 5.69 Å². The Bertz CT molecular complexity index is 826. The van der Waals surface area contributed by atoms with Gasteiger partial charge in [-0.1, -0.05) is 18.2 Å². The van der Waals surface area contributed by atoms with E-state index in [9.17, 15) is 4.79 Å². The van der Waals surface area contributed by atoms with Crippen molar-refractivity contribution < 1.29 is 4.79 Å². The molecule has 0 saturated carbocycles. The molecule has 3 aromatic rings. The maximum absolute atomic E-state index is 13.0. The van der Waals surface area contributed by atoms with Gasteiger partial charge in [-0.15, -0.1) is 5.10 Å². The monoisotopic (exact) mass is 336 g/mol. The van der Waals surface area contributed by atoms with Gasteiger partial charge in [0.15, 0.2) is 5.69 Å². The van der Waals surface area contributed by atoms with E-state index in [1.54, 1.807) is 12.4 Å². The molecule has 0 bridgehead atoms. The number of amides is 1. The van der Waals surface area contributed by atoms with Crippen LogP contribution >= 0.6 is 0 Å². The van der Waals surface area contributed by atoms with Gasteiger partial charge < -0.3 is 4.90 Å². The molecule has 0 unspecified atom stereocenters. The highest BCUT2D eigenvalue weighted by Crippen LogP contribution is 2.20. The Morgan fingerprint density at radius 2 is 2.00 bits per heavy atom. The van der Waals surface area contributed by atoms with E-state index in [1.807, 2.05) is 52.2 Å². The Kier molecular flexibility index (Phi) is 4.28. The van der Waals surface area contributed by atoms with Crippen molar-refractivity contribution in [3.05, 3.63) is 60.7 Å². The molecule has 1 aromatic carbocycles. The molecule has 1 fully saturated rings. The third-order valence-corrected chi connectivity index (χ3v) is 4.54. The zero-order valence-electron chi connectivity index (χ0n) is 13.9. The van der Waals surface area contributed by atoms with Gasteiger partial charge in [0.25, 0.3) is 5.91 Å². The third-order valence-electron chi connectivity index (χ3n) is 4.54. The number of likely N-dealkylation sites (tertiary alicyclic amines) is 1. The molecule has 1 amide bonds. The second-order valence-electron chi connectivity index (χ2n) is 6.23. The average Bonchev–Trinajstić information content (AvgIpc) is 3.34. The maximum atomic E-state index is 13.0. The van der Waals surface area contributed by atoms with Gasteiger partial charge >= 0.3 is 0 Å². The lowest BCUT2D eigenvalue weighted by atomic mass is 10.0. The summed E-state index contributed by atoms with van der Waals surface area (Å²) in [5.74, 6) is -0.0564. The van der Waals surface area contributed by atoms with Crippen molar-refractivity contribution in [1.82, 2.24) is 29.7 Å². The Hall–Kier alpha value is -2.96. The van der Waals surface area contributed by atoms with E-state index >= 15 is 0 Å². The van der Waals surface area contributed by atoms with Crippen LogP contribution in [0.5, 0.6) is 0 Å². The standard InChI is InChI=1S/C18H20N6O/c25-18(17-13-20-24(21-17)15-7-2-1-3-8-15)23-12-5-4-9-16(23)14-22-11-6-10-19-22/h1-3,6-8,10-11,13,16H,4-5,9,12,14H2/t16-/m0/s1. The van der Waals surface area contributed by atoms with E-state index in [1.165, 1.54) is 4.80 Å². The quantitative estimate of drug-likeness (QED) is 0.732. The zero-order valence-corrected chi connectivity index (χ0v) is 13.9. The molecule has 4 rings (SSSR count). The first-order valence-corrected chi connectivity index (χ1v) is 8.57. The Labute approximate surface area is 145 Å². The Morgan fingerprint density at radius 1 is 1.12 bits per heavy atom. The highest BCUT2D eigenvalue weighted by atomic mass is 16.2. The normalized spacial score (nSPS) is 17.6. The van der Waals surface area contributed by atoms with Crippen molar-refractivity contribution in [2.45, 2.75) is 31.8 Å². The van der Waals surface area contributed by atoms with Gasteiger partial charge in [0, 0.05) is 18.9 Å². The van der Waals surface area contributed by atoms with Gasteiger partial charge in [0.1, 0.15) is 0 Å². The minimum atomic E-state index is -0.0564. The fraction of sp³-hybridized carbons (Fsp3) is 0.333. The van der Waals surface area contributed by atoms with Crippen LogP contribution in [0.3, 0.4) is 0 Å². The third kappa shape index (κ3) is 3.31. The van der Waals surface area contributed by atoms with Gasteiger partial charge in [0.05, 0.1) is 24.5 Å². The molecule has 1 aliphatic heterocycles. The fourth-order valence-electron chi connectivity index (χ4n) is 3.28. The number of rotatable bonds is 4. The molecule has 1 aliphatic rings. The number of hydrogen-bond acceptors (Lipinski definition) is 4. The SMILES string of the molecule is O=C(c1cnn(-c2ccccc2)n1)N1CCCC[C@H]1Cn1cccn1. The molecule has 0 spiro atoms.